The minimum atomic E-state index is -1.12. The molecule has 0 unspecified atom stereocenters. The van der Waals surface area contributed by atoms with Crippen molar-refractivity contribution >= 4 is 18.0 Å². The highest BCUT2D eigenvalue weighted by atomic mass is 16.6. The second kappa shape index (κ2) is 11.1. The molecule has 0 saturated carbocycles. The van der Waals surface area contributed by atoms with Gasteiger partial charge in [0.05, 0.1) is 17.7 Å². The van der Waals surface area contributed by atoms with Crippen molar-refractivity contribution in [3.05, 3.63) is 58.7 Å². The third kappa shape index (κ3) is 6.29. The lowest BCUT2D eigenvalue weighted by Crippen LogP contribution is -2.46. The second-order valence-electron chi connectivity index (χ2n) is 7.07. The molecule has 0 spiro atoms. The Morgan fingerprint density at radius 2 is 1.58 bits per heavy atom. The molecule has 1 amide bonds. The number of nitrogens with one attached hydrogen (secondary N) is 1. The molecule has 8 heteroatoms. The highest BCUT2D eigenvalue weighted by Gasteiger charge is 2.20. The first-order chi connectivity index (χ1) is 14.8. The number of rotatable bonds is 4. The van der Waals surface area contributed by atoms with Gasteiger partial charge >= 0.3 is 18.0 Å². The van der Waals surface area contributed by atoms with E-state index in [2.05, 4.69) is 5.32 Å². The Hall–Kier alpha value is -3.39. The summed E-state index contributed by atoms with van der Waals surface area (Å²) in [5.74, 6) is -2.25. The third-order valence-corrected chi connectivity index (χ3v) is 4.91. The normalized spacial score (nSPS) is 13.1. The molecular weight excluding hydrogens is 400 g/mol. The van der Waals surface area contributed by atoms with E-state index in [9.17, 15) is 19.5 Å². The van der Waals surface area contributed by atoms with E-state index in [-0.39, 0.29) is 22.8 Å². The summed E-state index contributed by atoms with van der Waals surface area (Å²) in [4.78, 5) is 35.4. The predicted octanol–water partition coefficient (Wildman–Crippen LogP) is 3.41. The summed E-state index contributed by atoms with van der Waals surface area (Å²) in [7, 11) is 0. The lowest BCUT2D eigenvalue weighted by molar-refractivity contribution is 0.0696. The van der Waals surface area contributed by atoms with Crippen LogP contribution in [0.5, 0.6) is 0 Å². The van der Waals surface area contributed by atoms with Gasteiger partial charge in [-0.1, -0.05) is 35.9 Å². The molecule has 3 N–H and O–H groups in total. The van der Waals surface area contributed by atoms with Crippen molar-refractivity contribution in [2.24, 2.45) is 0 Å². The average Bonchev–Trinajstić information content (AvgIpc) is 2.75. The van der Waals surface area contributed by atoms with Crippen LogP contribution in [-0.4, -0.2) is 65.9 Å². The van der Waals surface area contributed by atoms with Crippen LogP contribution in [0, 0.1) is 13.8 Å². The molecule has 1 fully saturated rings. The van der Waals surface area contributed by atoms with Crippen molar-refractivity contribution in [3.8, 4) is 11.1 Å². The number of nitrogens with zero attached hydrogens (tertiary/aromatic N) is 1. The van der Waals surface area contributed by atoms with Gasteiger partial charge in [-0.25, -0.2) is 14.4 Å². The van der Waals surface area contributed by atoms with Crippen LogP contribution < -0.4 is 5.32 Å². The van der Waals surface area contributed by atoms with E-state index in [0.717, 1.165) is 37.3 Å². The number of carboxylic acid groups (broad SMARTS) is 2. The fraction of sp³-hybridized carbons (Fsp3) is 0.348. The maximum absolute atomic E-state index is 11.5. The molecule has 31 heavy (non-hydrogen) atoms. The number of hydrogen-bond acceptors (Lipinski definition) is 5. The van der Waals surface area contributed by atoms with Gasteiger partial charge < -0.3 is 25.2 Å². The van der Waals surface area contributed by atoms with E-state index < -0.39 is 11.9 Å². The maximum Gasteiger partial charge on any atom is 0.409 e. The van der Waals surface area contributed by atoms with E-state index >= 15 is 0 Å². The number of hydrogen-bond donors (Lipinski definition) is 3. The molecule has 166 valence electrons. The molecule has 2 aromatic rings. The first kappa shape index (κ1) is 23.9. The smallest absolute Gasteiger partial charge is 0.409 e. The lowest BCUT2D eigenvalue weighted by Gasteiger charge is -2.26. The van der Waals surface area contributed by atoms with Crippen molar-refractivity contribution in [2.45, 2.75) is 20.8 Å². The molecule has 0 radical (unpaired) electrons. The Labute approximate surface area is 181 Å². The van der Waals surface area contributed by atoms with Crippen LogP contribution in [0.15, 0.2) is 36.4 Å². The van der Waals surface area contributed by atoms with Gasteiger partial charge in [-0.05, 0) is 43.5 Å². The number of carboxylic acids is 2. The Kier molecular flexibility index (Phi) is 8.57. The zero-order chi connectivity index (χ0) is 23.0. The van der Waals surface area contributed by atoms with E-state index in [1.807, 2.05) is 38.1 Å². The number of carbonyl (C=O) groups excluding carboxylic acids is 1. The largest absolute Gasteiger partial charge is 0.478 e. The van der Waals surface area contributed by atoms with Gasteiger partial charge in [-0.15, -0.1) is 0 Å². The maximum atomic E-state index is 11.5. The van der Waals surface area contributed by atoms with Crippen molar-refractivity contribution in [1.82, 2.24) is 10.2 Å². The highest BCUT2D eigenvalue weighted by Crippen LogP contribution is 2.28. The quantitative estimate of drug-likeness (QED) is 0.683. The highest BCUT2D eigenvalue weighted by molar-refractivity contribution is 6.02. The molecule has 1 heterocycles. The Morgan fingerprint density at radius 3 is 2.10 bits per heavy atom. The van der Waals surface area contributed by atoms with Gasteiger partial charge in [0.2, 0.25) is 0 Å². The van der Waals surface area contributed by atoms with Crippen molar-refractivity contribution in [3.63, 3.8) is 0 Å². The molecular formula is C23H28N2O6. The van der Waals surface area contributed by atoms with Crippen molar-refractivity contribution in [1.29, 1.82) is 0 Å². The SMILES string of the molecule is CCOC(=O)N1CCNCC1.Cc1ccc(-c2ccc(C(=O)O)c(C)c2C(=O)O)cc1. The van der Waals surface area contributed by atoms with Gasteiger partial charge in [-0.3, -0.25) is 0 Å². The van der Waals surface area contributed by atoms with Crippen LogP contribution in [0.2, 0.25) is 0 Å². The fourth-order valence-corrected chi connectivity index (χ4v) is 3.25. The van der Waals surface area contributed by atoms with Gasteiger partial charge in [0.25, 0.3) is 0 Å². The third-order valence-electron chi connectivity index (χ3n) is 4.91. The van der Waals surface area contributed by atoms with E-state index in [4.69, 9.17) is 9.84 Å². The zero-order valence-corrected chi connectivity index (χ0v) is 18.0. The van der Waals surface area contributed by atoms with Crippen molar-refractivity contribution in [2.75, 3.05) is 32.8 Å². The molecule has 3 rings (SSSR count). The van der Waals surface area contributed by atoms with E-state index in [1.54, 1.807) is 11.0 Å². The summed E-state index contributed by atoms with van der Waals surface area (Å²) >= 11 is 0. The molecule has 0 atom stereocenters. The molecule has 0 aliphatic carbocycles. The van der Waals surface area contributed by atoms with Gasteiger partial charge in [0.1, 0.15) is 0 Å². The molecule has 1 aliphatic rings. The number of ether oxygens (including phenoxy) is 1. The standard InChI is InChI=1S/C16H14O4.C7H14N2O2/c1-9-3-5-11(6-4-9)13-8-7-12(15(17)18)10(2)14(13)16(19)20;1-2-11-7(10)9-5-3-8-4-6-9/h3-8H,1-2H3,(H,17,18)(H,19,20);8H,2-6H2,1H3. The molecule has 0 aromatic heterocycles. The van der Waals surface area contributed by atoms with Gasteiger partial charge in [-0.2, -0.15) is 0 Å². The number of piperazine rings is 1. The Balaban J connectivity index is 0.000000262. The Morgan fingerprint density at radius 1 is 0.968 bits per heavy atom. The monoisotopic (exact) mass is 428 g/mol. The van der Waals surface area contributed by atoms with Crippen LogP contribution in [0.1, 0.15) is 38.8 Å². The van der Waals surface area contributed by atoms with Gasteiger partial charge in [0, 0.05) is 26.2 Å². The summed E-state index contributed by atoms with van der Waals surface area (Å²) in [6.07, 6.45) is -0.186. The molecule has 2 aromatic carbocycles. The van der Waals surface area contributed by atoms with Crippen LogP contribution in [0.3, 0.4) is 0 Å². The van der Waals surface area contributed by atoms with Gasteiger partial charge in [0.15, 0.2) is 0 Å². The summed E-state index contributed by atoms with van der Waals surface area (Å²) in [5, 5.41) is 21.6. The zero-order valence-electron chi connectivity index (χ0n) is 18.0. The second-order valence-corrected chi connectivity index (χ2v) is 7.07. The van der Waals surface area contributed by atoms with Crippen LogP contribution >= 0.6 is 0 Å². The van der Waals surface area contributed by atoms with E-state index in [0.29, 0.717) is 12.2 Å². The molecule has 1 aliphatic heterocycles. The molecule has 8 nitrogen and oxygen atoms in total. The summed E-state index contributed by atoms with van der Waals surface area (Å²) in [6, 6.07) is 10.4. The molecule has 1 saturated heterocycles. The first-order valence-electron chi connectivity index (χ1n) is 10.1. The lowest BCUT2D eigenvalue weighted by atomic mass is 9.92. The first-order valence-corrected chi connectivity index (χ1v) is 10.1. The molecule has 0 bridgehead atoms. The summed E-state index contributed by atoms with van der Waals surface area (Å²) in [5.41, 5.74) is 2.67. The van der Waals surface area contributed by atoms with Crippen LogP contribution in [0.25, 0.3) is 11.1 Å². The van der Waals surface area contributed by atoms with E-state index in [1.165, 1.54) is 13.0 Å². The van der Waals surface area contributed by atoms with Crippen LogP contribution in [-0.2, 0) is 4.74 Å². The summed E-state index contributed by atoms with van der Waals surface area (Å²) in [6.45, 7) is 9.02. The topological polar surface area (TPSA) is 116 Å². The number of benzene rings is 2. The number of aromatic carboxylic acids is 2. The number of aryl methyl sites for hydroxylation is 1. The Bertz CT molecular complexity index is 934. The minimum absolute atomic E-state index is 0.0123. The average molecular weight is 428 g/mol. The fourth-order valence-electron chi connectivity index (χ4n) is 3.25. The summed E-state index contributed by atoms with van der Waals surface area (Å²) < 4.78 is 4.84. The number of carbonyl (C=O) groups is 3. The predicted molar refractivity (Wildman–Crippen MR) is 117 cm³/mol. The van der Waals surface area contributed by atoms with Crippen LogP contribution in [0.4, 0.5) is 4.79 Å². The van der Waals surface area contributed by atoms with Crippen molar-refractivity contribution < 1.29 is 29.3 Å². The number of amides is 1. The minimum Gasteiger partial charge on any atom is -0.478 e.